The number of ether oxygens (including phenoxy) is 5. The van der Waals surface area contributed by atoms with Crippen molar-refractivity contribution in [3.05, 3.63) is 35.1 Å². The van der Waals surface area contributed by atoms with E-state index in [2.05, 4.69) is 22.4 Å². The maximum absolute atomic E-state index is 12.3. The number of para-hydroxylation sites is 1. The first kappa shape index (κ1) is 34.1. The van der Waals surface area contributed by atoms with E-state index >= 15 is 0 Å². The molecule has 2 heterocycles. The molecular weight excluding hydrogens is 604 g/mol. The number of thioether (sulfide) groups is 1. The van der Waals surface area contributed by atoms with Crippen LogP contribution in [0.15, 0.2) is 29.4 Å². The Kier molecular flexibility index (Phi) is 13.1. The second-order valence-electron chi connectivity index (χ2n) is 9.81. The molecule has 3 rings (SSSR count). The van der Waals surface area contributed by atoms with E-state index in [1.807, 2.05) is 10.6 Å². The van der Waals surface area contributed by atoms with E-state index in [4.69, 9.17) is 35.3 Å². The maximum Gasteiger partial charge on any atom is 0.303 e. The first-order valence-electron chi connectivity index (χ1n) is 13.9. The van der Waals surface area contributed by atoms with Gasteiger partial charge in [0.1, 0.15) is 36.5 Å². The molecule has 236 valence electrons. The molecule has 2 aromatic rings. The zero-order valence-corrected chi connectivity index (χ0v) is 26.3. The Hall–Kier alpha value is -3.36. The van der Waals surface area contributed by atoms with Gasteiger partial charge in [-0.25, -0.2) is 0 Å². The average molecular weight is 641 g/mol. The Balaban J connectivity index is 1.98. The number of carbonyl (C=O) groups excluding carboxylic acids is 4. The number of amides is 1. The fraction of sp³-hybridized carbons (Fsp3) is 0.571. The number of esters is 3. The van der Waals surface area contributed by atoms with Gasteiger partial charge in [0.2, 0.25) is 5.91 Å². The normalized spacial score (nSPS) is 21.5. The van der Waals surface area contributed by atoms with Crippen molar-refractivity contribution in [3.63, 3.8) is 0 Å². The van der Waals surface area contributed by atoms with Gasteiger partial charge in [0.05, 0.1) is 5.02 Å². The van der Waals surface area contributed by atoms with E-state index in [0.717, 1.165) is 31.0 Å². The molecule has 1 aromatic carbocycles. The van der Waals surface area contributed by atoms with Crippen molar-refractivity contribution in [2.24, 2.45) is 0 Å². The van der Waals surface area contributed by atoms with Gasteiger partial charge in [-0.1, -0.05) is 55.3 Å². The Morgan fingerprint density at radius 3 is 2.33 bits per heavy atom. The molecule has 1 aliphatic rings. The van der Waals surface area contributed by atoms with Crippen LogP contribution < -0.4 is 10.1 Å². The van der Waals surface area contributed by atoms with Crippen molar-refractivity contribution in [1.82, 2.24) is 20.1 Å². The lowest BCUT2D eigenvalue weighted by molar-refractivity contribution is -0.211. The van der Waals surface area contributed by atoms with E-state index in [1.54, 1.807) is 18.2 Å². The Labute approximate surface area is 259 Å². The fourth-order valence-corrected chi connectivity index (χ4v) is 5.83. The molecule has 1 aromatic heterocycles. The van der Waals surface area contributed by atoms with Crippen LogP contribution in [0.2, 0.25) is 5.02 Å². The van der Waals surface area contributed by atoms with Gasteiger partial charge in [-0.3, -0.25) is 19.2 Å². The number of rotatable bonds is 14. The number of benzene rings is 1. The van der Waals surface area contributed by atoms with Crippen molar-refractivity contribution in [2.75, 3.05) is 6.61 Å². The van der Waals surface area contributed by atoms with Gasteiger partial charge in [0.15, 0.2) is 23.2 Å². The van der Waals surface area contributed by atoms with Gasteiger partial charge in [-0.2, -0.15) is 0 Å². The lowest BCUT2D eigenvalue weighted by Crippen LogP contribution is -2.65. The molecule has 1 aliphatic heterocycles. The highest BCUT2D eigenvalue weighted by Crippen LogP contribution is 2.36. The van der Waals surface area contributed by atoms with Crippen LogP contribution >= 0.6 is 23.4 Å². The first-order valence-corrected chi connectivity index (χ1v) is 15.1. The molecule has 0 spiro atoms. The van der Waals surface area contributed by atoms with Crippen molar-refractivity contribution in [1.29, 1.82) is 0 Å². The summed E-state index contributed by atoms with van der Waals surface area (Å²) in [5.74, 6) is -1.33. The highest BCUT2D eigenvalue weighted by Gasteiger charge is 2.51. The summed E-state index contributed by atoms with van der Waals surface area (Å²) in [5, 5.41) is 12.4. The molecule has 15 heteroatoms. The molecule has 43 heavy (non-hydrogen) atoms. The molecule has 5 unspecified atom stereocenters. The summed E-state index contributed by atoms with van der Waals surface area (Å²) in [6.45, 7) is 7.37. The lowest BCUT2D eigenvalue weighted by atomic mass is 9.97. The number of nitrogens with zero attached hydrogens (tertiary/aromatic N) is 3. The lowest BCUT2D eigenvalue weighted by Gasteiger charge is -2.44. The standard InChI is InChI=1S/C28H37ClN4O9S/c1-6-7-10-13-33-23(15-39-21-12-9-8-11-20(21)29)31-32-28(33)43-27-24(30-16(2)34)26(41-19(5)37)25(40-18(4)36)22(42-27)14-38-17(3)35/h8-9,11-12,22,24-27H,6-7,10,13-15H2,1-5H3,(H,30,34). The fourth-order valence-electron chi connectivity index (χ4n) is 4.46. The number of unbranched alkanes of at least 4 members (excludes halogenated alkanes) is 2. The summed E-state index contributed by atoms with van der Waals surface area (Å²) in [6.07, 6.45) is -0.593. The smallest absolute Gasteiger partial charge is 0.303 e. The third kappa shape index (κ3) is 10.1. The van der Waals surface area contributed by atoms with Crippen molar-refractivity contribution >= 4 is 47.2 Å². The summed E-state index contributed by atoms with van der Waals surface area (Å²) in [7, 11) is 0. The largest absolute Gasteiger partial charge is 0.484 e. The predicted molar refractivity (Wildman–Crippen MR) is 155 cm³/mol. The van der Waals surface area contributed by atoms with Crippen LogP contribution in [0.25, 0.3) is 0 Å². The van der Waals surface area contributed by atoms with Crippen LogP contribution in [0.1, 0.15) is 59.7 Å². The van der Waals surface area contributed by atoms with Gasteiger partial charge >= 0.3 is 17.9 Å². The van der Waals surface area contributed by atoms with Gasteiger partial charge in [-0.15, -0.1) is 10.2 Å². The second kappa shape index (κ2) is 16.5. The summed E-state index contributed by atoms with van der Waals surface area (Å²) in [4.78, 5) is 48.1. The molecule has 1 fully saturated rings. The summed E-state index contributed by atoms with van der Waals surface area (Å²) in [5.41, 5.74) is -0.924. The quantitative estimate of drug-likeness (QED) is 0.182. The number of halogens is 1. The molecule has 0 radical (unpaired) electrons. The monoisotopic (exact) mass is 640 g/mol. The minimum Gasteiger partial charge on any atom is -0.484 e. The van der Waals surface area contributed by atoms with Crippen LogP contribution in [0, 0.1) is 0 Å². The zero-order chi connectivity index (χ0) is 31.5. The molecular formula is C28H37ClN4O9S. The minimum absolute atomic E-state index is 0.0870. The van der Waals surface area contributed by atoms with Gasteiger partial charge in [-0.05, 0) is 18.6 Å². The van der Waals surface area contributed by atoms with E-state index in [9.17, 15) is 19.2 Å². The third-order valence-corrected chi connectivity index (χ3v) is 7.73. The number of carbonyl (C=O) groups is 4. The number of nitrogens with one attached hydrogen (secondary N) is 1. The number of hydrogen-bond acceptors (Lipinski definition) is 12. The van der Waals surface area contributed by atoms with Crippen LogP contribution in [0.3, 0.4) is 0 Å². The Bertz CT molecular complexity index is 1280. The van der Waals surface area contributed by atoms with E-state index < -0.39 is 53.6 Å². The molecule has 13 nitrogen and oxygen atoms in total. The van der Waals surface area contributed by atoms with Crippen molar-refractivity contribution in [3.8, 4) is 5.75 Å². The van der Waals surface area contributed by atoms with E-state index in [-0.39, 0.29) is 13.2 Å². The molecule has 1 saturated heterocycles. The SMILES string of the molecule is CCCCCn1c(COc2ccccc2Cl)nnc1SC1OC(COC(C)=O)C(OC(C)=O)C(OC(C)=O)C1NC(C)=O. The average Bonchev–Trinajstić information content (AvgIpc) is 3.30. The van der Waals surface area contributed by atoms with Crippen LogP contribution in [-0.2, 0) is 51.3 Å². The van der Waals surface area contributed by atoms with Gasteiger partial charge in [0.25, 0.3) is 0 Å². The predicted octanol–water partition coefficient (Wildman–Crippen LogP) is 3.45. The van der Waals surface area contributed by atoms with Crippen LogP contribution in [0.4, 0.5) is 0 Å². The molecule has 0 aliphatic carbocycles. The van der Waals surface area contributed by atoms with E-state index in [0.29, 0.717) is 28.3 Å². The summed E-state index contributed by atoms with van der Waals surface area (Å²) >= 11 is 7.39. The Morgan fingerprint density at radius 2 is 1.70 bits per heavy atom. The summed E-state index contributed by atoms with van der Waals surface area (Å²) in [6, 6.07) is 6.11. The van der Waals surface area contributed by atoms with E-state index in [1.165, 1.54) is 27.7 Å². The van der Waals surface area contributed by atoms with Gasteiger partial charge in [0, 0.05) is 34.2 Å². The molecule has 5 atom stereocenters. The first-order chi connectivity index (χ1) is 20.5. The van der Waals surface area contributed by atoms with Crippen LogP contribution in [0.5, 0.6) is 5.75 Å². The van der Waals surface area contributed by atoms with Crippen molar-refractivity contribution in [2.45, 2.75) is 102 Å². The topological polar surface area (TPSA) is 157 Å². The van der Waals surface area contributed by atoms with Gasteiger partial charge < -0.3 is 33.6 Å². The second-order valence-corrected chi connectivity index (χ2v) is 11.3. The Morgan fingerprint density at radius 1 is 1.00 bits per heavy atom. The number of hydrogen-bond donors (Lipinski definition) is 1. The maximum atomic E-state index is 12.3. The minimum atomic E-state index is -1.18. The number of aromatic nitrogens is 3. The van der Waals surface area contributed by atoms with Crippen molar-refractivity contribution < 1.29 is 42.9 Å². The van der Waals surface area contributed by atoms with Crippen LogP contribution in [-0.4, -0.2) is 75.0 Å². The third-order valence-electron chi connectivity index (χ3n) is 6.26. The summed E-state index contributed by atoms with van der Waals surface area (Å²) < 4.78 is 30.4. The highest BCUT2D eigenvalue weighted by molar-refractivity contribution is 7.99. The zero-order valence-electron chi connectivity index (χ0n) is 24.7. The highest BCUT2D eigenvalue weighted by atomic mass is 35.5. The molecule has 1 N–H and O–H groups in total. The molecule has 1 amide bonds. The molecule has 0 saturated carbocycles. The molecule has 0 bridgehead atoms.